The second-order valence-electron chi connectivity index (χ2n) is 10.5. The van der Waals surface area contributed by atoms with Gasteiger partial charge in [0.05, 0.1) is 47.1 Å². The van der Waals surface area contributed by atoms with Gasteiger partial charge in [0.25, 0.3) is 11.8 Å². The minimum Gasteiger partial charge on any atom is -0.480 e. The molecule has 2 N–H and O–H groups in total. The molecule has 0 bridgehead atoms. The number of aromatic nitrogens is 4. The molecule has 0 saturated carbocycles. The number of fused-ring (bicyclic) bond motifs is 1. The van der Waals surface area contributed by atoms with Crippen LogP contribution in [-0.4, -0.2) is 62.1 Å². The van der Waals surface area contributed by atoms with E-state index in [2.05, 4.69) is 15.4 Å². The monoisotopic (exact) mass is 546 g/mol. The van der Waals surface area contributed by atoms with Gasteiger partial charge in [0, 0.05) is 24.5 Å². The number of anilines is 1. The third-order valence-electron chi connectivity index (χ3n) is 6.26. The molecule has 0 aliphatic carbocycles. The number of ether oxygens (including phenoxy) is 1. The van der Waals surface area contributed by atoms with Crippen LogP contribution in [0.15, 0.2) is 30.7 Å². The van der Waals surface area contributed by atoms with E-state index < -0.39 is 35.7 Å². The van der Waals surface area contributed by atoms with Crippen molar-refractivity contribution >= 4 is 17.5 Å². The summed E-state index contributed by atoms with van der Waals surface area (Å²) in [6.07, 6.45) is -0.566. The zero-order valence-corrected chi connectivity index (χ0v) is 22.3. The Kier molecular flexibility index (Phi) is 6.92. The third-order valence-corrected chi connectivity index (χ3v) is 6.26. The Morgan fingerprint density at radius 1 is 1.21 bits per heavy atom. The summed E-state index contributed by atoms with van der Waals surface area (Å²) in [5, 5.41) is 16.4. The number of carbonyl (C=O) groups excluding carboxylic acids is 2. The lowest BCUT2D eigenvalue weighted by Gasteiger charge is -2.30. The Bertz CT molecular complexity index is 1440. The molecule has 0 fully saturated rings. The van der Waals surface area contributed by atoms with Crippen LogP contribution in [0, 0.1) is 6.92 Å². The summed E-state index contributed by atoms with van der Waals surface area (Å²) in [5.41, 5.74) is 0.488. The zero-order valence-electron chi connectivity index (χ0n) is 22.3. The maximum atomic E-state index is 13.5. The number of amides is 2. The molecule has 4 rings (SSSR count). The van der Waals surface area contributed by atoms with Crippen molar-refractivity contribution in [3.8, 4) is 17.1 Å². The summed E-state index contributed by atoms with van der Waals surface area (Å²) in [4.78, 5) is 36.7. The van der Waals surface area contributed by atoms with Crippen molar-refractivity contribution in [2.24, 2.45) is 0 Å². The molecule has 0 radical (unpaired) electrons. The zero-order chi connectivity index (χ0) is 28.9. The van der Waals surface area contributed by atoms with Crippen molar-refractivity contribution in [1.29, 1.82) is 0 Å². The number of aliphatic hydroxyl groups is 1. The first-order valence-electron chi connectivity index (χ1n) is 12.0. The van der Waals surface area contributed by atoms with E-state index >= 15 is 0 Å². The number of halogens is 3. The minimum absolute atomic E-state index is 0.00110. The van der Waals surface area contributed by atoms with Gasteiger partial charge in [0.1, 0.15) is 12.1 Å². The maximum Gasteiger partial charge on any atom is 0.408 e. The summed E-state index contributed by atoms with van der Waals surface area (Å²) in [6, 6.07) is 3.24. The second-order valence-corrected chi connectivity index (χ2v) is 10.5. The van der Waals surface area contributed by atoms with Crippen LogP contribution >= 0.6 is 0 Å². The smallest absolute Gasteiger partial charge is 0.408 e. The van der Waals surface area contributed by atoms with Gasteiger partial charge in [0.2, 0.25) is 5.88 Å². The van der Waals surface area contributed by atoms with Gasteiger partial charge in [-0.25, -0.2) is 9.97 Å². The average Bonchev–Trinajstić information content (AvgIpc) is 3.34. The largest absolute Gasteiger partial charge is 0.480 e. The van der Waals surface area contributed by atoms with Crippen LogP contribution in [-0.2, 0) is 12.1 Å². The molecule has 208 valence electrons. The Balaban J connectivity index is 1.72. The number of rotatable bonds is 7. The number of alkyl halides is 3. The molecule has 1 aliphatic rings. The molecule has 39 heavy (non-hydrogen) atoms. The Morgan fingerprint density at radius 2 is 1.90 bits per heavy atom. The van der Waals surface area contributed by atoms with Crippen LogP contribution in [0.1, 0.15) is 59.7 Å². The number of nitrogens with zero attached hydrogens (tertiary/aromatic N) is 5. The fraction of sp³-hybridized carbons (Fsp3) is 0.423. The lowest BCUT2D eigenvalue weighted by Crippen LogP contribution is -2.39. The number of pyridine rings is 2. The van der Waals surface area contributed by atoms with Gasteiger partial charge in [0.15, 0.2) is 0 Å². The minimum atomic E-state index is -4.46. The molecule has 0 saturated heterocycles. The van der Waals surface area contributed by atoms with Gasteiger partial charge in [-0.2, -0.15) is 18.3 Å². The molecule has 3 aromatic heterocycles. The first-order chi connectivity index (χ1) is 18.0. The Hall–Kier alpha value is -4.00. The first-order valence-corrected chi connectivity index (χ1v) is 12.0. The highest BCUT2D eigenvalue weighted by molar-refractivity contribution is 6.12. The lowest BCUT2D eigenvalue weighted by molar-refractivity contribution is -0.142. The van der Waals surface area contributed by atoms with Crippen LogP contribution in [0.5, 0.6) is 5.88 Å². The topological polar surface area (TPSA) is 122 Å². The van der Waals surface area contributed by atoms with E-state index in [-0.39, 0.29) is 23.7 Å². The van der Waals surface area contributed by atoms with Crippen molar-refractivity contribution in [3.05, 3.63) is 53.1 Å². The van der Waals surface area contributed by atoms with Crippen molar-refractivity contribution in [1.82, 2.24) is 25.1 Å². The number of methoxy groups -OCH3 is 1. The molecular formula is C26H29F3N6O4. The normalized spacial score (nSPS) is 14.9. The average molecular weight is 547 g/mol. The standard InChI is InChI=1S/C26H29F3N6O4/c1-14-7-18(15-8-17(22(39-6)30-9-15)21(36)31-12-24(2,3)38)33-20-19(14)23(37)35(25(20,4)5)16-10-32-34(11-16)13-26(27,28)29/h7-11,38H,12-13H2,1-6H3,(H,31,36). The van der Waals surface area contributed by atoms with Gasteiger partial charge in [-0.05, 0) is 52.3 Å². The van der Waals surface area contributed by atoms with E-state index in [9.17, 15) is 27.9 Å². The Morgan fingerprint density at radius 3 is 2.51 bits per heavy atom. The van der Waals surface area contributed by atoms with Crippen molar-refractivity contribution in [2.75, 3.05) is 18.6 Å². The van der Waals surface area contributed by atoms with E-state index in [1.807, 2.05) is 0 Å². The molecule has 1 aliphatic heterocycles. The van der Waals surface area contributed by atoms with Gasteiger partial charge in [-0.1, -0.05) is 0 Å². The molecule has 13 heteroatoms. The third kappa shape index (κ3) is 5.58. The number of carbonyl (C=O) groups is 2. The maximum absolute atomic E-state index is 13.5. The SMILES string of the molecule is COc1ncc(-c2cc(C)c3c(n2)C(C)(C)N(c2cnn(CC(F)(F)F)c2)C3=O)cc1C(=O)NCC(C)(C)O. The molecule has 2 amide bonds. The van der Waals surface area contributed by atoms with Crippen LogP contribution in [0.25, 0.3) is 11.3 Å². The van der Waals surface area contributed by atoms with Gasteiger partial charge in [-0.3, -0.25) is 19.2 Å². The van der Waals surface area contributed by atoms with Gasteiger partial charge >= 0.3 is 6.18 Å². The highest BCUT2D eigenvalue weighted by Crippen LogP contribution is 2.43. The van der Waals surface area contributed by atoms with Crippen LogP contribution in [0.2, 0.25) is 0 Å². The summed E-state index contributed by atoms with van der Waals surface area (Å²) in [7, 11) is 1.38. The summed E-state index contributed by atoms with van der Waals surface area (Å²) >= 11 is 0. The van der Waals surface area contributed by atoms with Gasteiger partial charge in [-0.15, -0.1) is 0 Å². The van der Waals surface area contributed by atoms with Crippen LogP contribution in [0.4, 0.5) is 18.9 Å². The van der Waals surface area contributed by atoms with Gasteiger partial charge < -0.3 is 15.2 Å². The second kappa shape index (κ2) is 9.63. The molecule has 0 spiro atoms. The number of hydrogen-bond acceptors (Lipinski definition) is 7. The summed E-state index contributed by atoms with van der Waals surface area (Å²) in [6.45, 7) is 7.07. The number of hydrogen-bond donors (Lipinski definition) is 2. The molecule has 0 unspecified atom stereocenters. The van der Waals surface area contributed by atoms with E-state index in [1.165, 1.54) is 30.6 Å². The van der Waals surface area contributed by atoms with Crippen molar-refractivity contribution in [2.45, 2.75) is 58.5 Å². The highest BCUT2D eigenvalue weighted by Gasteiger charge is 2.47. The van der Waals surface area contributed by atoms with Crippen LogP contribution in [0.3, 0.4) is 0 Å². The molecule has 0 atom stereocenters. The summed E-state index contributed by atoms with van der Waals surface area (Å²) in [5.74, 6) is -0.821. The first kappa shape index (κ1) is 28.0. The quantitative estimate of drug-likeness (QED) is 0.464. The van der Waals surface area contributed by atoms with Crippen LogP contribution < -0.4 is 15.0 Å². The molecule has 4 heterocycles. The molecular weight excluding hydrogens is 517 g/mol. The van der Waals surface area contributed by atoms with E-state index in [0.29, 0.717) is 28.1 Å². The molecule has 0 aromatic carbocycles. The van der Waals surface area contributed by atoms with Crippen molar-refractivity contribution in [3.63, 3.8) is 0 Å². The fourth-order valence-corrected chi connectivity index (χ4v) is 4.49. The fourth-order valence-electron chi connectivity index (χ4n) is 4.49. The highest BCUT2D eigenvalue weighted by atomic mass is 19.4. The predicted octanol–water partition coefficient (Wildman–Crippen LogP) is 3.62. The summed E-state index contributed by atoms with van der Waals surface area (Å²) < 4.78 is 44.5. The van der Waals surface area contributed by atoms with E-state index in [4.69, 9.17) is 9.72 Å². The van der Waals surface area contributed by atoms with Crippen molar-refractivity contribution < 1.29 is 32.6 Å². The molecule has 3 aromatic rings. The Labute approximate surface area is 222 Å². The predicted molar refractivity (Wildman–Crippen MR) is 136 cm³/mol. The van der Waals surface area contributed by atoms with E-state index in [0.717, 1.165) is 4.68 Å². The number of nitrogens with one attached hydrogen (secondary N) is 1. The lowest BCUT2D eigenvalue weighted by atomic mass is 9.96. The molecule has 10 nitrogen and oxygen atoms in total. The number of aryl methyl sites for hydroxylation is 1. The van der Waals surface area contributed by atoms with E-state index in [1.54, 1.807) is 46.8 Å².